The summed E-state index contributed by atoms with van der Waals surface area (Å²) in [5, 5.41) is 28.9. The molecule has 0 fully saturated rings. The Morgan fingerprint density at radius 1 is 1.50 bits per heavy atom. The van der Waals surface area contributed by atoms with Crippen LogP contribution in [0.5, 0.6) is 0 Å². The van der Waals surface area contributed by atoms with Crippen LogP contribution in [0.2, 0.25) is 0 Å². The molecular formula is C7H8O5-2. The van der Waals surface area contributed by atoms with E-state index in [1.165, 1.54) is 6.92 Å². The second-order valence-electron chi connectivity index (χ2n) is 2.33. The van der Waals surface area contributed by atoms with Crippen molar-refractivity contribution in [3.63, 3.8) is 0 Å². The van der Waals surface area contributed by atoms with Crippen molar-refractivity contribution in [2.24, 2.45) is 0 Å². The number of hydrogen-bond donors (Lipinski definition) is 1. The van der Waals surface area contributed by atoms with Gasteiger partial charge in [0.25, 0.3) is 0 Å². The van der Waals surface area contributed by atoms with Crippen LogP contribution >= 0.6 is 0 Å². The maximum Gasteiger partial charge on any atom is 0.0676 e. The minimum absolute atomic E-state index is 0.268. The van der Waals surface area contributed by atoms with Gasteiger partial charge in [0, 0.05) is 0 Å². The predicted octanol–water partition coefficient (Wildman–Crippen LogP) is -2.82. The van der Waals surface area contributed by atoms with Crippen LogP contribution in [0, 0.1) is 0 Å². The van der Waals surface area contributed by atoms with Gasteiger partial charge in [-0.1, -0.05) is 0 Å². The van der Waals surface area contributed by atoms with Crippen LogP contribution in [0.25, 0.3) is 0 Å². The van der Waals surface area contributed by atoms with Crippen LogP contribution in [0.15, 0.2) is 11.6 Å². The first kappa shape index (κ1) is 10.6. The average molecular weight is 172 g/mol. The molecule has 0 heterocycles. The molecule has 68 valence electrons. The Hall–Kier alpha value is -1.36. The molecule has 5 heteroatoms. The quantitative estimate of drug-likeness (QED) is 0.461. The number of aliphatic carboxylic acids is 2. The van der Waals surface area contributed by atoms with Gasteiger partial charge in [0.2, 0.25) is 0 Å². The van der Waals surface area contributed by atoms with Crippen LogP contribution < -0.4 is 10.2 Å². The van der Waals surface area contributed by atoms with E-state index < -0.39 is 23.6 Å². The number of rotatable bonds is 4. The first-order chi connectivity index (χ1) is 5.43. The molecule has 12 heavy (non-hydrogen) atoms. The molecule has 0 spiro atoms. The van der Waals surface area contributed by atoms with Crippen molar-refractivity contribution >= 4 is 11.9 Å². The third kappa shape index (κ3) is 4.45. The largest absolute Gasteiger partial charge is 0.545 e. The lowest BCUT2D eigenvalue weighted by molar-refractivity contribution is -0.303. The number of carboxylic acids is 2. The molecule has 1 N–H and O–H groups in total. The highest BCUT2D eigenvalue weighted by Crippen LogP contribution is 2.03. The third-order valence-corrected chi connectivity index (χ3v) is 1.07. The highest BCUT2D eigenvalue weighted by Gasteiger charge is 2.02. The molecule has 1 atom stereocenters. The Labute approximate surface area is 68.9 Å². The number of aliphatic hydroxyl groups is 1. The highest BCUT2D eigenvalue weighted by atomic mass is 16.4. The van der Waals surface area contributed by atoms with E-state index in [2.05, 4.69) is 0 Å². The molecule has 0 aromatic heterocycles. The zero-order chi connectivity index (χ0) is 9.72. The normalized spacial score (nSPS) is 14.0. The Kier molecular flexibility index (Phi) is 3.99. The molecule has 0 aliphatic carbocycles. The Bertz CT molecular complexity index is 216. The standard InChI is InChI=1S/C7H10O5/c1-4(8)2-5(7(11)12)3-6(9)10/h3-4,8H,2H2,1H3,(H,9,10)(H,11,12)/p-2/b5-3-. The minimum Gasteiger partial charge on any atom is -0.545 e. The second kappa shape index (κ2) is 4.50. The fourth-order valence-electron chi connectivity index (χ4n) is 0.662. The molecule has 1 unspecified atom stereocenters. The van der Waals surface area contributed by atoms with Gasteiger partial charge in [0.05, 0.1) is 18.0 Å². The lowest BCUT2D eigenvalue weighted by Gasteiger charge is -2.10. The fraction of sp³-hybridized carbons (Fsp3) is 0.429. The van der Waals surface area contributed by atoms with Crippen molar-refractivity contribution in [3.8, 4) is 0 Å². The van der Waals surface area contributed by atoms with Crippen LogP contribution in [0.4, 0.5) is 0 Å². The molecule has 0 rings (SSSR count). The molecule has 0 amide bonds. The van der Waals surface area contributed by atoms with Gasteiger partial charge in [-0.3, -0.25) is 0 Å². The van der Waals surface area contributed by atoms with Gasteiger partial charge in [-0.2, -0.15) is 0 Å². The smallest absolute Gasteiger partial charge is 0.0676 e. The van der Waals surface area contributed by atoms with Crippen molar-refractivity contribution < 1.29 is 24.9 Å². The van der Waals surface area contributed by atoms with Gasteiger partial charge in [-0.25, -0.2) is 0 Å². The molecule has 0 aromatic carbocycles. The van der Waals surface area contributed by atoms with E-state index in [0.29, 0.717) is 6.08 Å². The zero-order valence-corrected chi connectivity index (χ0v) is 6.44. The summed E-state index contributed by atoms with van der Waals surface area (Å²) in [4.78, 5) is 20.1. The molecule has 0 radical (unpaired) electrons. The van der Waals surface area contributed by atoms with Gasteiger partial charge in [0.15, 0.2) is 0 Å². The van der Waals surface area contributed by atoms with E-state index in [1.807, 2.05) is 0 Å². The average Bonchev–Trinajstić information content (AvgIpc) is 1.83. The van der Waals surface area contributed by atoms with Crippen LogP contribution in [-0.4, -0.2) is 23.1 Å². The van der Waals surface area contributed by atoms with Gasteiger partial charge in [0.1, 0.15) is 0 Å². The topological polar surface area (TPSA) is 100 Å². The SMILES string of the molecule is CC(O)C/C(=C/C(=O)[O-])C(=O)[O-]. The molecule has 0 saturated heterocycles. The van der Waals surface area contributed by atoms with Gasteiger partial charge in [-0.05, 0) is 25.0 Å². The fourth-order valence-corrected chi connectivity index (χ4v) is 0.662. The van der Waals surface area contributed by atoms with E-state index >= 15 is 0 Å². The summed E-state index contributed by atoms with van der Waals surface area (Å²) >= 11 is 0. The van der Waals surface area contributed by atoms with Crippen molar-refractivity contribution in [1.82, 2.24) is 0 Å². The van der Waals surface area contributed by atoms with Crippen molar-refractivity contribution in [1.29, 1.82) is 0 Å². The van der Waals surface area contributed by atoms with Crippen molar-refractivity contribution in [3.05, 3.63) is 11.6 Å². The zero-order valence-electron chi connectivity index (χ0n) is 6.44. The summed E-state index contributed by atoms with van der Waals surface area (Å²) in [5.41, 5.74) is -0.481. The maximum absolute atomic E-state index is 10.2. The van der Waals surface area contributed by atoms with Gasteiger partial charge < -0.3 is 24.9 Å². The highest BCUT2D eigenvalue weighted by molar-refractivity contribution is 5.92. The molecule has 0 aliphatic heterocycles. The molecule has 0 aromatic rings. The van der Waals surface area contributed by atoms with Crippen LogP contribution in [-0.2, 0) is 9.59 Å². The Balaban J connectivity index is 4.44. The number of carbonyl (C=O) groups excluding carboxylic acids is 2. The van der Waals surface area contributed by atoms with Crippen molar-refractivity contribution in [2.75, 3.05) is 0 Å². The summed E-state index contributed by atoms with van der Waals surface area (Å²) in [6.07, 6.45) is -0.785. The van der Waals surface area contributed by atoms with E-state index in [1.54, 1.807) is 0 Å². The van der Waals surface area contributed by atoms with Crippen LogP contribution in [0.3, 0.4) is 0 Å². The van der Waals surface area contributed by atoms with Crippen LogP contribution in [0.1, 0.15) is 13.3 Å². The number of carboxylic acid groups (broad SMARTS) is 2. The molecule has 5 nitrogen and oxygen atoms in total. The molecular weight excluding hydrogens is 164 g/mol. The van der Waals surface area contributed by atoms with E-state index in [0.717, 1.165) is 0 Å². The summed E-state index contributed by atoms with van der Waals surface area (Å²) in [5.74, 6) is -3.23. The molecule has 0 saturated carbocycles. The summed E-state index contributed by atoms with van der Waals surface area (Å²) in [6, 6.07) is 0. The lowest BCUT2D eigenvalue weighted by atomic mass is 10.1. The van der Waals surface area contributed by atoms with Gasteiger partial charge >= 0.3 is 0 Å². The molecule has 0 aliphatic rings. The second-order valence-corrected chi connectivity index (χ2v) is 2.33. The Morgan fingerprint density at radius 3 is 2.25 bits per heavy atom. The maximum atomic E-state index is 10.2. The number of carbonyl (C=O) groups is 2. The first-order valence-corrected chi connectivity index (χ1v) is 3.24. The Morgan fingerprint density at radius 2 is 2.00 bits per heavy atom. The van der Waals surface area contributed by atoms with E-state index in [-0.39, 0.29) is 6.42 Å². The van der Waals surface area contributed by atoms with E-state index in [4.69, 9.17) is 5.11 Å². The molecule has 0 bridgehead atoms. The monoisotopic (exact) mass is 172 g/mol. The van der Waals surface area contributed by atoms with Gasteiger partial charge in [-0.15, -0.1) is 0 Å². The summed E-state index contributed by atoms with van der Waals surface area (Å²) < 4.78 is 0. The number of hydrogen-bond acceptors (Lipinski definition) is 5. The summed E-state index contributed by atoms with van der Waals surface area (Å²) in [7, 11) is 0. The number of aliphatic hydroxyl groups excluding tert-OH is 1. The predicted molar refractivity (Wildman–Crippen MR) is 34.4 cm³/mol. The van der Waals surface area contributed by atoms with E-state index in [9.17, 15) is 19.8 Å². The third-order valence-electron chi connectivity index (χ3n) is 1.07. The summed E-state index contributed by atoms with van der Waals surface area (Å²) in [6.45, 7) is 1.34. The first-order valence-electron chi connectivity index (χ1n) is 3.24. The lowest BCUT2D eigenvalue weighted by Crippen LogP contribution is -2.29. The van der Waals surface area contributed by atoms with Crippen molar-refractivity contribution in [2.45, 2.75) is 19.4 Å². The minimum atomic E-state index is -1.62.